The third-order valence-corrected chi connectivity index (χ3v) is 3.95. The van der Waals surface area contributed by atoms with Crippen LogP contribution in [-0.4, -0.2) is 23.3 Å². The van der Waals surface area contributed by atoms with Crippen LogP contribution < -0.4 is 4.74 Å². The largest absolute Gasteiger partial charge is 0.480 e. The molecule has 0 saturated carbocycles. The number of hydrogen-bond acceptors (Lipinski definition) is 7. The average molecular weight is 388 g/mol. The average Bonchev–Trinajstić information content (AvgIpc) is 2.95. The van der Waals surface area contributed by atoms with Gasteiger partial charge in [0.2, 0.25) is 11.1 Å². The number of nitriles is 3. The molecule has 142 valence electrons. The van der Waals surface area contributed by atoms with Crippen LogP contribution in [0.15, 0.2) is 46.8 Å². The number of aliphatic carboxylic acids is 1. The van der Waals surface area contributed by atoms with Crippen LogP contribution in [0.1, 0.15) is 19.4 Å². The van der Waals surface area contributed by atoms with Gasteiger partial charge in [-0.05, 0) is 31.5 Å². The highest BCUT2D eigenvalue weighted by Crippen LogP contribution is 2.40. The van der Waals surface area contributed by atoms with E-state index < -0.39 is 18.2 Å². The second-order valence-corrected chi connectivity index (χ2v) is 6.28. The summed E-state index contributed by atoms with van der Waals surface area (Å²) in [6, 6.07) is 9.91. The van der Waals surface area contributed by atoms with Crippen molar-refractivity contribution in [1.82, 2.24) is 0 Å². The van der Waals surface area contributed by atoms with Crippen LogP contribution in [0.4, 0.5) is 5.69 Å². The van der Waals surface area contributed by atoms with Gasteiger partial charge in [0, 0.05) is 11.6 Å². The lowest BCUT2D eigenvalue weighted by molar-refractivity contribution is -0.139. The molecule has 9 nitrogen and oxygen atoms in total. The van der Waals surface area contributed by atoms with Gasteiger partial charge in [-0.25, -0.2) is 4.79 Å². The predicted octanol–water partition coefficient (Wildman–Crippen LogP) is 3.58. The molecule has 0 amide bonds. The highest BCUT2D eigenvalue weighted by Gasteiger charge is 2.38. The molecule has 0 atom stereocenters. The van der Waals surface area contributed by atoms with Crippen molar-refractivity contribution in [2.75, 3.05) is 6.61 Å². The summed E-state index contributed by atoms with van der Waals surface area (Å²) in [6.45, 7) is 2.77. The summed E-state index contributed by atoms with van der Waals surface area (Å²) in [4.78, 5) is 13.7. The predicted molar refractivity (Wildman–Crippen MR) is 99.4 cm³/mol. The Hall–Kier alpha value is -4.60. The van der Waals surface area contributed by atoms with Crippen molar-refractivity contribution in [2.45, 2.75) is 19.4 Å². The van der Waals surface area contributed by atoms with E-state index in [-0.39, 0.29) is 28.3 Å². The monoisotopic (exact) mass is 388 g/mol. The van der Waals surface area contributed by atoms with Crippen molar-refractivity contribution in [3.05, 3.63) is 57.3 Å². The number of diazo groups is 1. The van der Waals surface area contributed by atoms with Gasteiger partial charge in [-0.2, -0.15) is 15.8 Å². The Kier molecular flexibility index (Phi) is 5.99. The summed E-state index contributed by atoms with van der Waals surface area (Å²) in [6.07, 6.45) is 3.22. The van der Waals surface area contributed by atoms with Crippen molar-refractivity contribution >= 4 is 17.7 Å². The van der Waals surface area contributed by atoms with E-state index in [1.165, 1.54) is 12.1 Å². The highest BCUT2D eigenvalue weighted by molar-refractivity contribution is 5.70. The van der Waals surface area contributed by atoms with Crippen LogP contribution >= 0.6 is 0 Å². The molecule has 2 rings (SSSR count). The second-order valence-electron chi connectivity index (χ2n) is 6.28. The number of carbonyl (C=O) groups is 1. The number of ether oxygens (including phenoxy) is 2. The molecule has 1 aromatic rings. The summed E-state index contributed by atoms with van der Waals surface area (Å²) in [5.41, 5.74) is -0.0926. The summed E-state index contributed by atoms with van der Waals surface area (Å²) in [5, 5.41) is 45.4. The summed E-state index contributed by atoms with van der Waals surface area (Å²) >= 11 is 0. The highest BCUT2D eigenvalue weighted by atomic mass is 16.5. The summed E-state index contributed by atoms with van der Waals surface area (Å²) in [5.74, 6) is -1.19. The molecule has 29 heavy (non-hydrogen) atoms. The molecule has 1 aliphatic heterocycles. The smallest absolute Gasteiger partial charge is 0.426 e. The first kappa shape index (κ1) is 20.7. The Bertz CT molecular complexity index is 1120. The Labute approximate surface area is 166 Å². The maximum atomic E-state index is 10.7. The molecule has 0 aliphatic carbocycles. The molecular formula is C20H14N5O4+. The van der Waals surface area contributed by atoms with E-state index in [0.29, 0.717) is 11.1 Å². The molecular weight excluding hydrogens is 374 g/mol. The number of carboxylic acids is 1. The van der Waals surface area contributed by atoms with E-state index in [9.17, 15) is 10.1 Å². The molecule has 0 fully saturated rings. The van der Waals surface area contributed by atoms with Crippen molar-refractivity contribution in [2.24, 2.45) is 0 Å². The van der Waals surface area contributed by atoms with Crippen LogP contribution in [0, 0.1) is 39.4 Å². The molecule has 1 aliphatic rings. The van der Waals surface area contributed by atoms with Crippen molar-refractivity contribution in [1.29, 1.82) is 21.2 Å². The van der Waals surface area contributed by atoms with Gasteiger partial charge in [0.05, 0.1) is 0 Å². The summed E-state index contributed by atoms with van der Waals surface area (Å²) < 4.78 is 10.8. The fourth-order valence-electron chi connectivity index (χ4n) is 2.63. The number of allylic oxidation sites excluding steroid dienone is 2. The lowest BCUT2D eigenvalue weighted by Crippen LogP contribution is -2.20. The van der Waals surface area contributed by atoms with Gasteiger partial charge in [0.25, 0.3) is 0 Å². The molecule has 1 aromatic carbocycles. The van der Waals surface area contributed by atoms with E-state index in [2.05, 4.69) is 4.98 Å². The van der Waals surface area contributed by atoms with E-state index in [4.69, 9.17) is 30.5 Å². The Morgan fingerprint density at radius 3 is 2.52 bits per heavy atom. The maximum absolute atomic E-state index is 10.7. The molecule has 0 radical (unpaired) electrons. The number of nitrogens with zero attached hydrogens (tertiary/aromatic N) is 5. The first-order valence-corrected chi connectivity index (χ1v) is 8.18. The molecule has 1 N–H and O–H groups in total. The first-order valence-electron chi connectivity index (χ1n) is 8.18. The zero-order valence-corrected chi connectivity index (χ0v) is 15.5. The molecule has 0 unspecified atom stereocenters. The Morgan fingerprint density at radius 1 is 1.28 bits per heavy atom. The minimum absolute atomic E-state index is 0.0581. The second kappa shape index (κ2) is 8.39. The van der Waals surface area contributed by atoms with Crippen LogP contribution in [-0.2, 0) is 9.53 Å². The lowest BCUT2D eigenvalue weighted by Gasteiger charge is -2.20. The van der Waals surface area contributed by atoms with Crippen LogP contribution in [0.5, 0.6) is 5.75 Å². The minimum Gasteiger partial charge on any atom is -0.480 e. The molecule has 0 spiro atoms. The third-order valence-electron chi connectivity index (χ3n) is 3.95. The van der Waals surface area contributed by atoms with Crippen LogP contribution in [0.3, 0.4) is 0 Å². The van der Waals surface area contributed by atoms with Crippen molar-refractivity contribution in [3.63, 3.8) is 0 Å². The van der Waals surface area contributed by atoms with Gasteiger partial charge in [0.1, 0.15) is 29.4 Å². The fourth-order valence-corrected chi connectivity index (χ4v) is 2.63. The summed E-state index contributed by atoms with van der Waals surface area (Å²) in [7, 11) is 0. The van der Waals surface area contributed by atoms with Crippen molar-refractivity contribution in [3.8, 4) is 24.0 Å². The van der Waals surface area contributed by atoms with Gasteiger partial charge in [-0.15, -0.1) is 0 Å². The molecule has 9 heteroatoms. The van der Waals surface area contributed by atoms with Gasteiger partial charge in [0.15, 0.2) is 22.9 Å². The van der Waals surface area contributed by atoms with Gasteiger partial charge >= 0.3 is 11.7 Å². The van der Waals surface area contributed by atoms with Crippen molar-refractivity contribution < 1.29 is 19.4 Å². The number of rotatable bonds is 5. The van der Waals surface area contributed by atoms with E-state index >= 15 is 0 Å². The molecule has 1 heterocycles. The number of hydrogen-bond donors (Lipinski definition) is 1. The lowest BCUT2D eigenvalue weighted by atomic mass is 9.94. The molecule has 0 bridgehead atoms. The zero-order valence-electron chi connectivity index (χ0n) is 15.5. The van der Waals surface area contributed by atoms with Gasteiger partial charge < -0.3 is 14.6 Å². The van der Waals surface area contributed by atoms with Gasteiger partial charge in [-0.1, -0.05) is 12.2 Å². The van der Waals surface area contributed by atoms with E-state index in [0.717, 1.165) is 0 Å². The fraction of sp³-hybridized carbons (Fsp3) is 0.200. The standard InChI is InChI=1S/C20H13N5O4/c1-20(2)15(14(10-23)19(29-20)13(8-21)9-22)5-3-12-4-6-16(25-24)17(7-12)28-11-18(26)27/h3-7H,11H2,1-2H3/p+1/b5-3+. The number of benzene rings is 1. The molecule has 0 aromatic heterocycles. The van der Waals surface area contributed by atoms with Gasteiger partial charge in [-0.3, -0.25) is 0 Å². The SMILES string of the molecule is CC1(C)OC(=C(C#N)C#N)C(C#N)=C1/C=C/c1ccc([N+]#N)c(OCC(=O)O)c1. The topological polar surface area (TPSA) is 155 Å². The van der Waals surface area contributed by atoms with Crippen LogP contribution in [0.2, 0.25) is 0 Å². The number of carboxylic acid groups (broad SMARTS) is 1. The first-order chi connectivity index (χ1) is 13.8. The maximum Gasteiger partial charge on any atom is 0.426 e. The normalized spacial score (nSPS) is 14.3. The quantitative estimate of drug-likeness (QED) is 0.592. The van der Waals surface area contributed by atoms with E-state index in [1.807, 2.05) is 6.07 Å². The molecule has 0 saturated heterocycles. The Morgan fingerprint density at radius 2 is 1.97 bits per heavy atom. The third kappa shape index (κ3) is 4.39. The van der Waals surface area contributed by atoms with Crippen LogP contribution in [0.25, 0.3) is 11.1 Å². The minimum atomic E-state index is -1.19. The Balaban J connectivity index is 2.49. The van der Waals surface area contributed by atoms with E-state index in [1.54, 1.807) is 44.2 Å². The zero-order chi connectivity index (χ0) is 21.6.